The van der Waals surface area contributed by atoms with Gasteiger partial charge in [0, 0.05) is 37.8 Å². The highest BCUT2D eigenvalue weighted by molar-refractivity contribution is 5.29. The molecule has 0 bridgehead atoms. The van der Waals surface area contributed by atoms with Crippen LogP contribution in [0.25, 0.3) is 5.69 Å². The molecule has 0 aliphatic heterocycles. The molecule has 0 spiro atoms. The maximum absolute atomic E-state index is 12.3. The SMILES string of the molecule is COC1CCC(n2ccc(-n3ccnc3)cc2=O)CC1. The molecule has 2 aromatic rings. The van der Waals surface area contributed by atoms with Gasteiger partial charge in [-0.05, 0) is 31.7 Å². The minimum atomic E-state index is 0.0528. The first kappa shape index (κ1) is 13.1. The minimum Gasteiger partial charge on any atom is -0.381 e. The van der Waals surface area contributed by atoms with E-state index in [9.17, 15) is 4.79 Å². The third-order valence-electron chi connectivity index (χ3n) is 4.10. The molecule has 20 heavy (non-hydrogen) atoms. The Kier molecular flexibility index (Phi) is 3.69. The van der Waals surface area contributed by atoms with Crippen LogP contribution in [0.4, 0.5) is 0 Å². The maximum atomic E-state index is 12.3. The van der Waals surface area contributed by atoms with Gasteiger partial charge in [-0.2, -0.15) is 0 Å². The molecular weight excluding hydrogens is 254 g/mol. The fourth-order valence-electron chi connectivity index (χ4n) is 2.91. The van der Waals surface area contributed by atoms with Crippen molar-refractivity contribution in [3.8, 4) is 5.69 Å². The largest absolute Gasteiger partial charge is 0.381 e. The predicted octanol–water partition coefficient (Wildman–Crippen LogP) is 2.16. The molecule has 1 fully saturated rings. The van der Waals surface area contributed by atoms with Crippen molar-refractivity contribution in [3.63, 3.8) is 0 Å². The zero-order chi connectivity index (χ0) is 13.9. The van der Waals surface area contributed by atoms with E-state index < -0.39 is 0 Å². The van der Waals surface area contributed by atoms with E-state index in [4.69, 9.17) is 4.74 Å². The molecule has 0 radical (unpaired) electrons. The van der Waals surface area contributed by atoms with Gasteiger partial charge >= 0.3 is 0 Å². The first-order valence-electron chi connectivity index (χ1n) is 7.01. The molecule has 0 N–H and O–H groups in total. The monoisotopic (exact) mass is 273 g/mol. The number of ether oxygens (including phenoxy) is 1. The van der Waals surface area contributed by atoms with Crippen molar-refractivity contribution >= 4 is 0 Å². The van der Waals surface area contributed by atoms with Crippen molar-refractivity contribution in [2.24, 2.45) is 0 Å². The van der Waals surface area contributed by atoms with Crippen LogP contribution in [0.2, 0.25) is 0 Å². The number of hydrogen-bond donors (Lipinski definition) is 0. The average molecular weight is 273 g/mol. The molecule has 0 saturated heterocycles. The number of nitrogens with zero attached hydrogens (tertiary/aromatic N) is 3. The van der Waals surface area contributed by atoms with Gasteiger partial charge in [-0.15, -0.1) is 0 Å². The van der Waals surface area contributed by atoms with Crippen LogP contribution in [-0.2, 0) is 4.74 Å². The standard InChI is InChI=1S/C15H19N3O2/c1-20-14-4-2-12(3-5-14)18-8-6-13(10-15(18)19)17-9-7-16-11-17/h6-12,14H,2-5H2,1H3. The lowest BCUT2D eigenvalue weighted by atomic mass is 9.92. The quantitative estimate of drug-likeness (QED) is 0.861. The molecule has 0 amide bonds. The van der Waals surface area contributed by atoms with Gasteiger partial charge in [0.05, 0.1) is 18.1 Å². The second-order valence-electron chi connectivity index (χ2n) is 5.27. The highest BCUT2D eigenvalue weighted by Gasteiger charge is 2.22. The second kappa shape index (κ2) is 5.63. The van der Waals surface area contributed by atoms with Gasteiger partial charge in [0.2, 0.25) is 0 Å². The van der Waals surface area contributed by atoms with E-state index in [2.05, 4.69) is 4.98 Å². The topological polar surface area (TPSA) is 49.0 Å². The first-order chi connectivity index (χ1) is 9.78. The molecule has 1 aliphatic rings. The molecule has 0 unspecified atom stereocenters. The lowest BCUT2D eigenvalue weighted by Gasteiger charge is -2.29. The molecule has 0 atom stereocenters. The summed E-state index contributed by atoms with van der Waals surface area (Å²) in [6, 6.07) is 3.93. The van der Waals surface area contributed by atoms with Crippen LogP contribution in [0.5, 0.6) is 0 Å². The lowest BCUT2D eigenvalue weighted by molar-refractivity contribution is 0.0580. The molecule has 0 aromatic carbocycles. The summed E-state index contributed by atoms with van der Waals surface area (Å²) >= 11 is 0. The van der Waals surface area contributed by atoms with Crippen LogP contribution < -0.4 is 5.56 Å². The van der Waals surface area contributed by atoms with Gasteiger partial charge in [0.15, 0.2) is 0 Å². The normalized spacial score (nSPS) is 22.9. The van der Waals surface area contributed by atoms with Crippen LogP contribution in [0.1, 0.15) is 31.7 Å². The number of pyridine rings is 1. The third-order valence-corrected chi connectivity index (χ3v) is 4.10. The van der Waals surface area contributed by atoms with Gasteiger partial charge < -0.3 is 13.9 Å². The average Bonchev–Trinajstić information content (AvgIpc) is 3.01. The summed E-state index contributed by atoms with van der Waals surface area (Å²) in [6.07, 6.45) is 11.5. The Morgan fingerprint density at radius 2 is 2.05 bits per heavy atom. The summed E-state index contributed by atoms with van der Waals surface area (Å²) in [7, 11) is 1.76. The molecule has 3 rings (SSSR count). The number of methoxy groups -OCH3 is 1. The van der Waals surface area contributed by atoms with E-state index in [1.165, 1.54) is 0 Å². The third kappa shape index (κ3) is 2.54. The lowest BCUT2D eigenvalue weighted by Crippen LogP contribution is -2.29. The molecule has 106 valence electrons. The number of rotatable bonds is 3. The van der Waals surface area contributed by atoms with Gasteiger partial charge in [-0.1, -0.05) is 0 Å². The summed E-state index contributed by atoms with van der Waals surface area (Å²) < 4.78 is 9.07. The van der Waals surface area contributed by atoms with E-state index in [0.717, 1.165) is 31.4 Å². The van der Waals surface area contributed by atoms with Gasteiger partial charge in [0.1, 0.15) is 0 Å². The Morgan fingerprint density at radius 1 is 1.25 bits per heavy atom. The molecule has 5 nitrogen and oxygen atoms in total. The van der Waals surface area contributed by atoms with Crippen molar-refractivity contribution < 1.29 is 4.74 Å². The minimum absolute atomic E-state index is 0.0528. The van der Waals surface area contributed by atoms with Crippen LogP contribution in [0.15, 0.2) is 41.8 Å². The Bertz CT molecular complexity index is 610. The fourth-order valence-corrected chi connectivity index (χ4v) is 2.91. The number of aromatic nitrogens is 3. The summed E-state index contributed by atoms with van der Waals surface area (Å²) in [6.45, 7) is 0. The molecule has 2 aromatic heterocycles. The Morgan fingerprint density at radius 3 is 2.65 bits per heavy atom. The predicted molar refractivity (Wildman–Crippen MR) is 76.1 cm³/mol. The Balaban J connectivity index is 1.80. The highest BCUT2D eigenvalue weighted by atomic mass is 16.5. The first-order valence-corrected chi connectivity index (χ1v) is 7.01. The second-order valence-corrected chi connectivity index (χ2v) is 5.27. The fraction of sp³-hybridized carbons (Fsp3) is 0.467. The molecule has 1 aliphatic carbocycles. The molecular formula is C15H19N3O2. The van der Waals surface area contributed by atoms with E-state index in [-0.39, 0.29) is 5.56 Å². The van der Waals surface area contributed by atoms with E-state index >= 15 is 0 Å². The maximum Gasteiger partial charge on any atom is 0.252 e. The zero-order valence-electron chi connectivity index (χ0n) is 11.6. The zero-order valence-corrected chi connectivity index (χ0v) is 11.6. The van der Waals surface area contributed by atoms with Crippen LogP contribution in [-0.4, -0.2) is 27.3 Å². The summed E-state index contributed by atoms with van der Waals surface area (Å²) in [5.74, 6) is 0. The molecule has 1 saturated carbocycles. The van der Waals surface area contributed by atoms with Crippen molar-refractivity contribution in [2.45, 2.75) is 37.8 Å². The number of imidazole rings is 1. The van der Waals surface area contributed by atoms with E-state index in [0.29, 0.717) is 12.1 Å². The van der Waals surface area contributed by atoms with Gasteiger partial charge in [0.25, 0.3) is 5.56 Å². The molecule has 2 heterocycles. The van der Waals surface area contributed by atoms with Gasteiger partial charge in [-0.25, -0.2) is 4.98 Å². The van der Waals surface area contributed by atoms with E-state index in [1.807, 2.05) is 27.6 Å². The van der Waals surface area contributed by atoms with E-state index in [1.54, 1.807) is 25.7 Å². The highest BCUT2D eigenvalue weighted by Crippen LogP contribution is 2.28. The van der Waals surface area contributed by atoms with Crippen LogP contribution in [0, 0.1) is 0 Å². The Labute approximate surface area is 117 Å². The van der Waals surface area contributed by atoms with Crippen LogP contribution >= 0.6 is 0 Å². The van der Waals surface area contributed by atoms with Crippen molar-refractivity contribution in [1.29, 1.82) is 0 Å². The van der Waals surface area contributed by atoms with Crippen molar-refractivity contribution in [3.05, 3.63) is 47.4 Å². The number of hydrogen-bond acceptors (Lipinski definition) is 3. The van der Waals surface area contributed by atoms with Gasteiger partial charge in [-0.3, -0.25) is 4.79 Å². The van der Waals surface area contributed by atoms with Crippen LogP contribution in [0.3, 0.4) is 0 Å². The summed E-state index contributed by atoms with van der Waals surface area (Å²) in [5.41, 5.74) is 0.909. The summed E-state index contributed by atoms with van der Waals surface area (Å²) in [5, 5.41) is 0. The summed E-state index contributed by atoms with van der Waals surface area (Å²) in [4.78, 5) is 16.3. The molecule has 5 heteroatoms. The smallest absolute Gasteiger partial charge is 0.252 e. The Hall–Kier alpha value is -1.88. The van der Waals surface area contributed by atoms with Crippen molar-refractivity contribution in [2.75, 3.05) is 7.11 Å². The van der Waals surface area contributed by atoms with Crippen molar-refractivity contribution in [1.82, 2.24) is 14.1 Å².